The van der Waals surface area contributed by atoms with Crippen molar-refractivity contribution in [1.29, 1.82) is 0 Å². The number of amides is 2. The molecule has 0 radical (unpaired) electrons. The van der Waals surface area contributed by atoms with Gasteiger partial charge in [-0.05, 0) is 61.7 Å². The number of aliphatic hydroxyl groups is 1. The molecule has 1 unspecified atom stereocenters. The number of alkyl halides is 3. The van der Waals surface area contributed by atoms with Gasteiger partial charge in [-0.3, -0.25) is 9.59 Å². The molecule has 3 rings (SSSR count). The second kappa shape index (κ2) is 8.58. The van der Waals surface area contributed by atoms with Crippen molar-refractivity contribution >= 4 is 17.5 Å². The maximum Gasteiger partial charge on any atom is 0.421 e. The molecule has 31 heavy (non-hydrogen) atoms. The van der Waals surface area contributed by atoms with Gasteiger partial charge in [-0.15, -0.1) is 0 Å². The summed E-state index contributed by atoms with van der Waals surface area (Å²) in [7, 11) is 0. The largest absolute Gasteiger partial charge is 0.421 e. The van der Waals surface area contributed by atoms with Crippen LogP contribution >= 0.6 is 0 Å². The van der Waals surface area contributed by atoms with Gasteiger partial charge in [0, 0.05) is 35.9 Å². The molecular formula is C22H24F3N3O3. The predicted molar refractivity (Wildman–Crippen MR) is 110 cm³/mol. The van der Waals surface area contributed by atoms with Gasteiger partial charge >= 0.3 is 6.18 Å². The molecule has 6 nitrogen and oxygen atoms in total. The minimum atomic E-state index is -4.81. The normalized spacial score (nSPS) is 17.1. The first-order chi connectivity index (χ1) is 14.5. The summed E-state index contributed by atoms with van der Waals surface area (Å²) < 4.78 is 38.8. The van der Waals surface area contributed by atoms with Crippen LogP contribution in [0.1, 0.15) is 46.0 Å². The van der Waals surface area contributed by atoms with Crippen LogP contribution in [0.3, 0.4) is 0 Å². The van der Waals surface area contributed by atoms with E-state index in [4.69, 9.17) is 5.73 Å². The lowest BCUT2D eigenvalue weighted by molar-refractivity contribution is -0.258. The van der Waals surface area contributed by atoms with Crippen LogP contribution in [0.5, 0.6) is 0 Å². The summed E-state index contributed by atoms with van der Waals surface area (Å²) in [6.07, 6.45) is -3.42. The van der Waals surface area contributed by atoms with Crippen LogP contribution < -0.4 is 16.0 Å². The quantitative estimate of drug-likeness (QED) is 0.673. The van der Waals surface area contributed by atoms with Crippen LogP contribution in [0.15, 0.2) is 48.5 Å². The van der Waals surface area contributed by atoms with Crippen molar-refractivity contribution in [2.45, 2.75) is 37.6 Å². The highest BCUT2D eigenvalue weighted by atomic mass is 19.4. The first-order valence-electron chi connectivity index (χ1n) is 9.84. The monoisotopic (exact) mass is 435 g/mol. The van der Waals surface area contributed by atoms with Crippen molar-refractivity contribution in [2.24, 2.45) is 5.73 Å². The number of primary amides is 1. The highest BCUT2D eigenvalue weighted by Gasteiger charge is 2.51. The summed E-state index contributed by atoms with van der Waals surface area (Å²) in [5.74, 6) is -0.856. The third-order valence-corrected chi connectivity index (χ3v) is 5.61. The van der Waals surface area contributed by atoms with Crippen LogP contribution in [0.4, 0.5) is 18.9 Å². The van der Waals surface area contributed by atoms with Gasteiger partial charge in [0.1, 0.15) is 0 Å². The fourth-order valence-electron chi connectivity index (χ4n) is 3.50. The highest BCUT2D eigenvalue weighted by Crippen LogP contribution is 2.38. The molecule has 1 aliphatic rings. The van der Waals surface area contributed by atoms with Crippen molar-refractivity contribution in [3.05, 3.63) is 65.2 Å². The van der Waals surface area contributed by atoms with E-state index in [1.54, 1.807) is 12.1 Å². The highest BCUT2D eigenvalue weighted by molar-refractivity contribution is 5.94. The summed E-state index contributed by atoms with van der Waals surface area (Å²) in [5, 5.41) is 12.6. The van der Waals surface area contributed by atoms with E-state index in [1.807, 2.05) is 12.1 Å². The summed E-state index contributed by atoms with van der Waals surface area (Å²) in [5.41, 5.74) is 3.57. The van der Waals surface area contributed by atoms with Gasteiger partial charge in [0.15, 0.2) is 5.60 Å². The van der Waals surface area contributed by atoms with Crippen molar-refractivity contribution in [2.75, 3.05) is 18.0 Å². The molecule has 1 saturated heterocycles. The van der Waals surface area contributed by atoms with Crippen LogP contribution in [-0.2, 0) is 5.60 Å². The molecule has 1 fully saturated rings. The Hall–Kier alpha value is -3.07. The summed E-state index contributed by atoms with van der Waals surface area (Å²) >= 11 is 0. The number of piperidine rings is 1. The van der Waals surface area contributed by atoms with Gasteiger partial charge in [-0.2, -0.15) is 13.2 Å². The molecule has 0 saturated carbocycles. The summed E-state index contributed by atoms with van der Waals surface area (Å²) in [6, 6.07) is 11.7. The van der Waals surface area contributed by atoms with E-state index in [-0.39, 0.29) is 23.1 Å². The molecule has 1 aliphatic heterocycles. The molecule has 9 heteroatoms. The van der Waals surface area contributed by atoms with Gasteiger partial charge in [-0.1, -0.05) is 12.1 Å². The Morgan fingerprint density at radius 2 is 1.52 bits per heavy atom. The predicted octanol–water partition coefficient (Wildman–Crippen LogP) is 2.95. The topological polar surface area (TPSA) is 95.7 Å². The zero-order valence-electron chi connectivity index (χ0n) is 16.9. The molecule has 1 heterocycles. The van der Waals surface area contributed by atoms with E-state index in [9.17, 15) is 27.9 Å². The Morgan fingerprint density at radius 1 is 1.00 bits per heavy atom. The third kappa shape index (κ3) is 4.99. The van der Waals surface area contributed by atoms with Crippen LogP contribution in [-0.4, -0.2) is 42.2 Å². The molecule has 1 atom stereocenters. The lowest BCUT2D eigenvalue weighted by atomic mass is 9.94. The third-order valence-electron chi connectivity index (χ3n) is 5.61. The van der Waals surface area contributed by atoms with Crippen molar-refractivity contribution in [1.82, 2.24) is 5.32 Å². The van der Waals surface area contributed by atoms with Crippen molar-refractivity contribution < 1.29 is 27.9 Å². The van der Waals surface area contributed by atoms with Crippen molar-refractivity contribution in [3.63, 3.8) is 0 Å². The fourth-order valence-corrected chi connectivity index (χ4v) is 3.50. The number of rotatable bonds is 5. The maximum absolute atomic E-state index is 12.9. The van der Waals surface area contributed by atoms with Gasteiger partial charge in [0.25, 0.3) is 5.91 Å². The number of carbonyl (C=O) groups excluding carboxylic acids is 2. The number of nitrogens with zero attached hydrogens (tertiary/aromatic N) is 1. The fraction of sp³-hybridized carbons (Fsp3) is 0.364. The lowest BCUT2D eigenvalue weighted by Crippen LogP contribution is -2.44. The van der Waals surface area contributed by atoms with E-state index in [2.05, 4.69) is 10.2 Å². The number of hydrogen-bond donors (Lipinski definition) is 3. The second-order valence-electron chi connectivity index (χ2n) is 7.79. The Balaban J connectivity index is 1.56. The molecule has 0 bridgehead atoms. The molecule has 166 valence electrons. The Bertz CT molecular complexity index is 933. The molecule has 2 aromatic carbocycles. The van der Waals surface area contributed by atoms with E-state index in [1.165, 1.54) is 12.1 Å². The molecule has 4 N–H and O–H groups in total. The van der Waals surface area contributed by atoms with E-state index in [0.717, 1.165) is 17.8 Å². The lowest BCUT2D eigenvalue weighted by Gasteiger charge is -2.34. The summed E-state index contributed by atoms with van der Waals surface area (Å²) in [4.78, 5) is 25.8. The number of anilines is 1. The van der Waals surface area contributed by atoms with Crippen LogP contribution in [0.2, 0.25) is 0 Å². The van der Waals surface area contributed by atoms with Gasteiger partial charge in [0.05, 0.1) is 0 Å². The molecule has 0 aromatic heterocycles. The number of benzene rings is 2. The van der Waals surface area contributed by atoms with Crippen molar-refractivity contribution in [3.8, 4) is 0 Å². The van der Waals surface area contributed by atoms with E-state index in [0.29, 0.717) is 38.4 Å². The molecule has 0 aliphatic carbocycles. The van der Waals surface area contributed by atoms with Crippen LogP contribution in [0.25, 0.3) is 0 Å². The molecule has 0 spiro atoms. The zero-order valence-corrected chi connectivity index (χ0v) is 16.9. The average molecular weight is 435 g/mol. The zero-order chi connectivity index (χ0) is 22.8. The summed E-state index contributed by atoms with van der Waals surface area (Å²) in [6.45, 7) is 2.08. The Kier molecular flexibility index (Phi) is 6.26. The number of nitrogens with one attached hydrogen (secondary N) is 1. The van der Waals surface area contributed by atoms with E-state index >= 15 is 0 Å². The number of carbonyl (C=O) groups is 2. The van der Waals surface area contributed by atoms with Gasteiger partial charge in [-0.25, -0.2) is 0 Å². The second-order valence-corrected chi connectivity index (χ2v) is 7.79. The van der Waals surface area contributed by atoms with Gasteiger partial charge in [0.2, 0.25) is 5.91 Å². The van der Waals surface area contributed by atoms with E-state index < -0.39 is 17.7 Å². The molecule has 2 aromatic rings. The molecular weight excluding hydrogens is 411 g/mol. The Morgan fingerprint density at radius 3 is 2.00 bits per heavy atom. The molecule has 2 amide bonds. The SMILES string of the molecule is CC(O)(c1ccc(C(=O)NC2CCN(c3ccc(C(N)=O)cc3)CC2)cc1)C(F)(F)F. The standard InChI is InChI=1S/C22H24F3N3O3/c1-21(31,22(23,24)25)16-6-2-15(3-7-16)20(30)27-17-10-12-28(13-11-17)18-8-4-14(5-9-18)19(26)29/h2-9,17,31H,10-13H2,1H3,(H2,26,29)(H,27,30). The first kappa shape index (κ1) is 22.6. The average Bonchev–Trinajstić information content (AvgIpc) is 2.73. The maximum atomic E-state index is 12.9. The number of hydrogen-bond acceptors (Lipinski definition) is 4. The number of halogens is 3. The number of nitrogens with two attached hydrogens (primary N) is 1. The Labute approximate surface area is 177 Å². The van der Waals surface area contributed by atoms with Crippen LogP contribution in [0, 0.1) is 0 Å². The minimum Gasteiger partial charge on any atom is -0.376 e. The smallest absolute Gasteiger partial charge is 0.376 e. The van der Waals surface area contributed by atoms with Gasteiger partial charge < -0.3 is 21.1 Å². The first-order valence-corrected chi connectivity index (χ1v) is 9.84. The minimum absolute atomic E-state index is 0.0633.